The van der Waals surface area contributed by atoms with E-state index in [1.165, 1.54) is 22.2 Å². The van der Waals surface area contributed by atoms with Crippen LogP contribution < -0.4 is 10.6 Å². The number of aliphatic imine (C=N–C) groups is 1. The van der Waals surface area contributed by atoms with E-state index < -0.39 is 28.1 Å². The number of sulfonamides is 1. The summed E-state index contributed by atoms with van der Waals surface area (Å²) in [5.74, 6) is 0.583. The Labute approximate surface area is 200 Å². The number of nitrogens with zero attached hydrogens (tertiary/aromatic N) is 2. The number of aliphatic hydroxyl groups is 1. The topological polar surface area (TPSA) is 128 Å². The smallest absolute Gasteiger partial charge is 0.253 e. The Kier molecular flexibility index (Phi) is 7.49. The molecule has 10 heteroatoms. The van der Waals surface area contributed by atoms with Crippen LogP contribution in [0.15, 0.2) is 34.7 Å². The number of hydrogen-bond donors (Lipinski definition) is 3. The van der Waals surface area contributed by atoms with Crippen molar-refractivity contribution in [3.05, 3.63) is 40.8 Å². The van der Waals surface area contributed by atoms with Crippen molar-refractivity contribution >= 4 is 33.7 Å². The molecule has 1 saturated heterocycles. The van der Waals surface area contributed by atoms with Crippen molar-refractivity contribution in [3.63, 3.8) is 0 Å². The number of amides is 2. The summed E-state index contributed by atoms with van der Waals surface area (Å²) in [5.41, 5.74) is 0.723. The third-order valence-corrected chi connectivity index (χ3v) is 8.51. The predicted molar refractivity (Wildman–Crippen MR) is 129 cm³/mol. The molecule has 34 heavy (non-hydrogen) atoms. The number of hydrogen-bond acceptors (Lipinski definition) is 6. The molecule has 1 aromatic rings. The van der Waals surface area contributed by atoms with Gasteiger partial charge in [-0.25, -0.2) is 8.42 Å². The Bertz CT molecular complexity index is 1070. The highest BCUT2D eigenvalue weighted by molar-refractivity contribution is 7.92. The first-order chi connectivity index (χ1) is 16.3. The Morgan fingerprint density at radius 2 is 1.85 bits per heavy atom. The first-order valence-corrected chi connectivity index (χ1v) is 13.4. The molecule has 1 aromatic carbocycles. The maximum atomic E-state index is 12.9. The van der Waals surface area contributed by atoms with Gasteiger partial charge in [0.1, 0.15) is 18.0 Å². The largest absolute Gasteiger partial charge is 0.387 e. The van der Waals surface area contributed by atoms with Crippen molar-refractivity contribution in [1.29, 1.82) is 0 Å². The van der Waals surface area contributed by atoms with Crippen LogP contribution in [-0.4, -0.2) is 60.7 Å². The van der Waals surface area contributed by atoms with Gasteiger partial charge < -0.3 is 15.7 Å². The fourth-order valence-electron chi connectivity index (χ4n) is 4.81. The molecule has 2 amide bonds. The van der Waals surface area contributed by atoms with Crippen molar-refractivity contribution in [1.82, 2.24) is 14.9 Å². The number of rotatable bonds is 7. The van der Waals surface area contributed by atoms with Gasteiger partial charge in [-0.1, -0.05) is 43.5 Å². The third-order valence-electron chi connectivity index (χ3n) is 6.95. The summed E-state index contributed by atoms with van der Waals surface area (Å²) < 4.78 is 27.1. The van der Waals surface area contributed by atoms with Crippen LogP contribution in [-0.2, 0) is 26.2 Å². The summed E-state index contributed by atoms with van der Waals surface area (Å²) >= 11 is 0. The molecule has 9 nitrogen and oxygen atoms in total. The van der Waals surface area contributed by atoms with Gasteiger partial charge >= 0.3 is 0 Å². The summed E-state index contributed by atoms with van der Waals surface area (Å²) in [4.78, 5) is 28.7. The summed E-state index contributed by atoms with van der Waals surface area (Å²) in [7, 11) is -3.63. The van der Waals surface area contributed by atoms with Crippen molar-refractivity contribution < 1.29 is 23.1 Å². The molecule has 1 saturated carbocycles. The van der Waals surface area contributed by atoms with E-state index in [1.807, 2.05) is 0 Å². The van der Waals surface area contributed by atoms with Crippen LogP contribution in [0, 0.1) is 5.92 Å². The molecule has 3 aliphatic rings. The fourth-order valence-corrected chi connectivity index (χ4v) is 6.01. The van der Waals surface area contributed by atoms with E-state index in [1.54, 1.807) is 24.3 Å². The fraction of sp³-hybridized carbons (Fsp3) is 0.542. The maximum Gasteiger partial charge on any atom is 0.253 e. The first kappa shape index (κ1) is 24.6. The lowest BCUT2D eigenvalue weighted by Crippen LogP contribution is -2.50. The van der Waals surface area contributed by atoms with Gasteiger partial charge in [0.05, 0.1) is 0 Å². The van der Waals surface area contributed by atoms with Crippen LogP contribution in [0.4, 0.5) is 0 Å². The Balaban J connectivity index is 1.34. The Morgan fingerprint density at radius 1 is 1.18 bits per heavy atom. The van der Waals surface area contributed by atoms with E-state index in [0.717, 1.165) is 37.1 Å². The number of aliphatic hydroxyl groups excluding tert-OH is 1. The molecule has 2 heterocycles. The lowest BCUT2D eigenvalue weighted by atomic mass is 9.88. The molecule has 0 aromatic heterocycles. The van der Waals surface area contributed by atoms with Gasteiger partial charge in [-0.3, -0.25) is 14.6 Å². The number of carbonyl (C=O) groups is 2. The SMILES string of the molecule is O=C(CO)NCc1ccc(/C=C/S(=O)(=O)N2CCC3(CC2)N=C(C2CCCCC2)NC3=O)cc1. The standard InChI is InChI=1S/C24H32N4O5S/c29-17-21(30)25-16-19-8-6-18(7-9-19)10-15-34(32,33)28-13-11-24(12-14-28)23(31)26-22(27-24)20-4-2-1-3-5-20/h6-10,15,20,29H,1-5,11-14,16-17H2,(H,25,30)(H,26,27,31)/b15-10+. The molecular formula is C24H32N4O5S. The van der Waals surface area contributed by atoms with Gasteiger partial charge in [-0.05, 0) is 42.9 Å². The van der Waals surface area contributed by atoms with Crippen LogP contribution in [0.25, 0.3) is 6.08 Å². The molecule has 0 atom stereocenters. The summed E-state index contributed by atoms with van der Waals surface area (Å²) in [6.07, 6.45) is 7.97. The number of nitrogens with one attached hydrogen (secondary N) is 2. The summed E-state index contributed by atoms with van der Waals surface area (Å²) in [6.45, 7) is 0.237. The number of piperidine rings is 1. The van der Waals surface area contributed by atoms with Gasteiger partial charge in [-0.15, -0.1) is 0 Å². The molecule has 2 aliphatic heterocycles. The molecule has 1 spiro atoms. The quantitative estimate of drug-likeness (QED) is 0.536. The van der Waals surface area contributed by atoms with Gasteiger partial charge in [0.15, 0.2) is 0 Å². The normalized spacial score (nSPS) is 21.6. The molecule has 0 bridgehead atoms. The minimum absolute atomic E-state index is 0.0871. The van der Waals surface area contributed by atoms with E-state index in [9.17, 15) is 18.0 Å². The minimum Gasteiger partial charge on any atom is -0.387 e. The van der Waals surface area contributed by atoms with E-state index in [2.05, 4.69) is 10.6 Å². The number of carbonyl (C=O) groups excluding carboxylic acids is 2. The van der Waals surface area contributed by atoms with E-state index >= 15 is 0 Å². The lowest BCUT2D eigenvalue weighted by molar-refractivity contribution is -0.125. The molecule has 184 valence electrons. The predicted octanol–water partition coefficient (Wildman–Crippen LogP) is 1.54. The first-order valence-electron chi connectivity index (χ1n) is 11.9. The zero-order valence-electron chi connectivity index (χ0n) is 19.2. The van der Waals surface area contributed by atoms with Crippen LogP contribution >= 0.6 is 0 Å². The van der Waals surface area contributed by atoms with E-state index in [0.29, 0.717) is 24.3 Å². The van der Waals surface area contributed by atoms with Crippen molar-refractivity contribution in [2.75, 3.05) is 19.7 Å². The number of amidine groups is 1. The molecular weight excluding hydrogens is 456 g/mol. The molecule has 0 unspecified atom stereocenters. The Morgan fingerprint density at radius 3 is 2.50 bits per heavy atom. The van der Waals surface area contributed by atoms with Crippen molar-refractivity contribution in [3.8, 4) is 0 Å². The second kappa shape index (κ2) is 10.4. The highest BCUT2D eigenvalue weighted by Gasteiger charge is 2.48. The highest BCUT2D eigenvalue weighted by Crippen LogP contribution is 2.34. The average molecular weight is 489 g/mol. The highest BCUT2D eigenvalue weighted by atomic mass is 32.2. The second-order valence-electron chi connectivity index (χ2n) is 9.24. The Hall–Kier alpha value is -2.56. The molecule has 1 aliphatic carbocycles. The average Bonchev–Trinajstić information content (AvgIpc) is 3.18. The third kappa shape index (κ3) is 5.56. The monoisotopic (exact) mass is 488 g/mol. The second-order valence-corrected chi connectivity index (χ2v) is 11.1. The van der Waals surface area contributed by atoms with Gasteiger partial charge in [-0.2, -0.15) is 4.31 Å². The molecule has 0 radical (unpaired) electrons. The summed E-state index contributed by atoms with van der Waals surface area (Å²) in [6, 6.07) is 7.11. The van der Waals surface area contributed by atoms with Gasteiger partial charge in [0, 0.05) is 31.0 Å². The molecule has 4 rings (SSSR count). The maximum absolute atomic E-state index is 12.9. The van der Waals surface area contributed by atoms with Crippen molar-refractivity contribution in [2.24, 2.45) is 10.9 Å². The van der Waals surface area contributed by atoms with E-state index in [-0.39, 0.29) is 25.5 Å². The van der Waals surface area contributed by atoms with Crippen LogP contribution in [0.1, 0.15) is 56.1 Å². The van der Waals surface area contributed by atoms with Crippen LogP contribution in [0.3, 0.4) is 0 Å². The zero-order valence-corrected chi connectivity index (χ0v) is 20.0. The minimum atomic E-state index is -3.63. The molecule has 2 fully saturated rings. The van der Waals surface area contributed by atoms with Gasteiger partial charge in [0.25, 0.3) is 5.91 Å². The zero-order chi connectivity index (χ0) is 24.2. The lowest BCUT2D eigenvalue weighted by Gasteiger charge is -2.34. The molecule has 3 N–H and O–H groups in total. The summed E-state index contributed by atoms with van der Waals surface area (Å²) in [5, 5.41) is 15.5. The van der Waals surface area contributed by atoms with Crippen molar-refractivity contribution in [2.45, 2.75) is 57.0 Å². The van der Waals surface area contributed by atoms with Gasteiger partial charge in [0.2, 0.25) is 15.9 Å². The van der Waals surface area contributed by atoms with Crippen LogP contribution in [0.2, 0.25) is 0 Å². The van der Waals surface area contributed by atoms with E-state index in [4.69, 9.17) is 10.1 Å². The number of benzene rings is 1. The van der Waals surface area contributed by atoms with Crippen LogP contribution in [0.5, 0.6) is 0 Å².